The Morgan fingerprint density at radius 3 is 2.50 bits per heavy atom. The maximum absolute atomic E-state index is 12.6. The Kier molecular flexibility index (Phi) is 5.58. The normalized spacial score (nSPS) is 15.2. The molecule has 1 saturated heterocycles. The van der Waals surface area contributed by atoms with Gasteiger partial charge in [0.1, 0.15) is 5.75 Å². The first kappa shape index (κ1) is 17.0. The van der Waals surface area contributed by atoms with Crippen LogP contribution in [-0.4, -0.2) is 53.3 Å². The second kappa shape index (κ2) is 7.24. The summed E-state index contributed by atoms with van der Waals surface area (Å²) in [5, 5.41) is 10.6. The third-order valence-corrected chi connectivity index (χ3v) is 4.24. The number of hydrogen-bond donors (Lipinski definition) is 1. The van der Waals surface area contributed by atoms with Crippen LogP contribution in [0.1, 0.15) is 46.0 Å². The molecule has 22 heavy (non-hydrogen) atoms. The van der Waals surface area contributed by atoms with Crippen LogP contribution in [0.3, 0.4) is 0 Å². The number of carbonyl (C=O) groups is 2. The van der Waals surface area contributed by atoms with Crippen molar-refractivity contribution in [1.82, 2.24) is 4.90 Å². The molecule has 1 N–H and O–H groups in total. The summed E-state index contributed by atoms with van der Waals surface area (Å²) < 4.78 is 5.24. The molecule has 1 amide bonds. The van der Waals surface area contributed by atoms with Gasteiger partial charge in [0.15, 0.2) is 5.78 Å². The molecule has 2 rings (SSSR count). The molecule has 0 aliphatic carbocycles. The minimum atomic E-state index is -0.257. The molecule has 6 heteroatoms. The largest absolute Gasteiger partial charge is 0.507 e. The molecule has 1 aromatic carbocycles. The number of aromatic hydroxyl groups is 1. The molecule has 1 aromatic rings. The maximum Gasteiger partial charge on any atom is 0.257 e. The standard InChI is InChI=1S/C16H20BrNO4/c1-10(2)12-7-11(14(19)9-17)8-13(15(12)20)16(21)18-3-5-22-6-4-18/h7-8,10,20H,3-6,9H2,1-2H3. The molecule has 0 unspecified atom stereocenters. The van der Waals surface area contributed by atoms with E-state index in [-0.39, 0.29) is 34.3 Å². The highest BCUT2D eigenvalue weighted by Crippen LogP contribution is 2.32. The number of phenols is 1. The second-order valence-electron chi connectivity index (χ2n) is 5.58. The van der Waals surface area contributed by atoms with Gasteiger partial charge in [-0.15, -0.1) is 0 Å². The molecular formula is C16H20BrNO4. The van der Waals surface area contributed by atoms with Gasteiger partial charge in [-0.3, -0.25) is 9.59 Å². The van der Waals surface area contributed by atoms with Crippen molar-refractivity contribution in [3.8, 4) is 5.75 Å². The number of hydrogen-bond acceptors (Lipinski definition) is 4. The zero-order chi connectivity index (χ0) is 16.3. The van der Waals surface area contributed by atoms with Crippen LogP contribution < -0.4 is 0 Å². The number of benzene rings is 1. The summed E-state index contributed by atoms with van der Waals surface area (Å²) in [6.45, 7) is 5.80. The van der Waals surface area contributed by atoms with E-state index in [1.807, 2.05) is 13.8 Å². The molecule has 1 fully saturated rings. The molecule has 1 aliphatic heterocycles. The zero-order valence-electron chi connectivity index (χ0n) is 12.8. The van der Waals surface area contributed by atoms with Crippen LogP contribution in [0.15, 0.2) is 12.1 Å². The summed E-state index contributed by atoms with van der Waals surface area (Å²) in [7, 11) is 0. The first-order valence-electron chi connectivity index (χ1n) is 7.28. The van der Waals surface area contributed by atoms with Crippen LogP contribution in [0.4, 0.5) is 0 Å². The number of rotatable bonds is 4. The Labute approximate surface area is 138 Å². The molecule has 1 heterocycles. The number of ketones is 1. The smallest absolute Gasteiger partial charge is 0.257 e. The summed E-state index contributed by atoms with van der Waals surface area (Å²) in [5.74, 6) is -0.387. The van der Waals surface area contributed by atoms with Crippen molar-refractivity contribution >= 4 is 27.6 Å². The molecule has 0 bridgehead atoms. The van der Waals surface area contributed by atoms with Gasteiger partial charge in [0.2, 0.25) is 0 Å². The minimum absolute atomic E-state index is 0.0133. The van der Waals surface area contributed by atoms with E-state index in [0.717, 1.165) is 0 Å². The summed E-state index contributed by atoms with van der Waals surface area (Å²) in [5.41, 5.74) is 1.25. The number of carbonyl (C=O) groups excluding carboxylic acids is 2. The van der Waals surface area contributed by atoms with E-state index in [1.165, 1.54) is 6.07 Å². The molecule has 0 aromatic heterocycles. The van der Waals surface area contributed by atoms with E-state index in [1.54, 1.807) is 11.0 Å². The average molecular weight is 370 g/mol. The van der Waals surface area contributed by atoms with Gasteiger partial charge < -0.3 is 14.7 Å². The lowest BCUT2D eigenvalue weighted by Crippen LogP contribution is -2.40. The van der Waals surface area contributed by atoms with E-state index in [0.29, 0.717) is 37.4 Å². The lowest BCUT2D eigenvalue weighted by molar-refractivity contribution is 0.0301. The molecular weight excluding hydrogens is 350 g/mol. The molecule has 0 spiro atoms. The minimum Gasteiger partial charge on any atom is -0.507 e. The highest BCUT2D eigenvalue weighted by molar-refractivity contribution is 9.09. The summed E-state index contributed by atoms with van der Waals surface area (Å²) in [4.78, 5) is 26.3. The fourth-order valence-corrected chi connectivity index (χ4v) is 2.76. The first-order chi connectivity index (χ1) is 10.5. The Hall–Kier alpha value is -1.40. The van der Waals surface area contributed by atoms with Crippen LogP contribution in [-0.2, 0) is 4.74 Å². The number of alkyl halides is 1. The van der Waals surface area contributed by atoms with Crippen molar-refractivity contribution in [2.45, 2.75) is 19.8 Å². The molecule has 120 valence electrons. The second-order valence-corrected chi connectivity index (χ2v) is 6.14. The van der Waals surface area contributed by atoms with Crippen molar-refractivity contribution in [3.05, 3.63) is 28.8 Å². The van der Waals surface area contributed by atoms with Crippen LogP contribution in [0.25, 0.3) is 0 Å². The summed E-state index contributed by atoms with van der Waals surface area (Å²) >= 11 is 3.15. The molecule has 0 radical (unpaired) electrons. The Morgan fingerprint density at radius 1 is 1.32 bits per heavy atom. The SMILES string of the molecule is CC(C)c1cc(C(=O)CBr)cc(C(=O)N2CCOCC2)c1O. The highest BCUT2D eigenvalue weighted by atomic mass is 79.9. The number of halogens is 1. The number of phenolic OH excluding ortho intramolecular Hbond substituents is 1. The molecule has 0 saturated carbocycles. The van der Waals surface area contributed by atoms with Crippen molar-refractivity contribution < 1.29 is 19.4 Å². The van der Waals surface area contributed by atoms with E-state index in [2.05, 4.69) is 15.9 Å². The number of morpholine rings is 1. The van der Waals surface area contributed by atoms with Gasteiger partial charge in [0.05, 0.1) is 24.1 Å². The molecule has 0 atom stereocenters. The van der Waals surface area contributed by atoms with Gasteiger partial charge in [0, 0.05) is 18.7 Å². The van der Waals surface area contributed by atoms with Crippen LogP contribution in [0.2, 0.25) is 0 Å². The number of Topliss-reactive ketones (excluding diaryl/α,β-unsaturated/α-hetero) is 1. The van der Waals surface area contributed by atoms with Crippen molar-refractivity contribution in [2.24, 2.45) is 0 Å². The van der Waals surface area contributed by atoms with Gasteiger partial charge in [-0.25, -0.2) is 0 Å². The first-order valence-corrected chi connectivity index (χ1v) is 8.41. The van der Waals surface area contributed by atoms with Crippen molar-refractivity contribution in [3.63, 3.8) is 0 Å². The number of nitrogens with zero attached hydrogens (tertiary/aromatic N) is 1. The predicted octanol–water partition coefficient (Wildman–Crippen LogP) is 2.57. The van der Waals surface area contributed by atoms with E-state index in [9.17, 15) is 14.7 Å². The Balaban J connectivity index is 2.46. The topological polar surface area (TPSA) is 66.8 Å². The fourth-order valence-electron chi connectivity index (χ4n) is 2.43. The highest BCUT2D eigenvalue weighted by Gasteiger charge is 2.25. The van der Waals surface area contributed by atoms with Crippen LogP contribution >= 0.6 is 15.9 Å². The predicted molar refractivity (Wildman–Crippen MR) is 87.0 cm³/mol. The quantitative estimate of drug-likeness (QED) is 0.654. The van der Waals surface area contributed by atoms with Gasteiger partial charge >= 0.3 is 0 Å². The van der Waals surface area contributed by atoms with Gasteiger partial charge in [-0.1, -0.05) is 29.8 Å². The Morgan fingerprint density at radius 2 is 1.95 bits per heavy atom. The number of amides is 1. The lowest BCUT2D eigenvalue weighted by atomic mass is 9.94. The molecule has 1 aliphatic rings. The average Bonchev–Trinajstić information content (AvgIpc) is 2.54. The monoisotopic (exact) mass is 369 g/mol. The third kappa shape index (κ3) is 3.50. The van der Waals surface area contributed by atoms with Crippen molar-refractivity contribution in [2.75, 3.05) is 31.6 Å². The van der Waals surface area contributed by atoms with E-state index in [4.69, 9.17) is 4.74 Å². The lowest BCUT2D eigenvalue weighted by Gasteiger charge is -2.27. The number of ether oxygens (including phenoxy) is 1. The van der Waals surface area contributed by atoms with Crippen LogP contribution in [0, 0.1) is 0 Å². The van der Waals surface area contributed by atoms with Crippen LogP contribution in [0.5, 0.6) is 5.75 Å². The third-order valence-electron chi connectivity index (χ3n) is 3.73. The zero-order valence-corrected chi connectivity index (χ0v) is 14.4. The van der Waals surface area contributed by atoms with E-state index >= 15 is 0 Å². The summed E-state index contributed by atoms with van der Waals surface area (Å²) in [6.07, 6.45) is 0. The fraction of sp³-hybridized carbons (Fsp3) is 0.500. The van der Waals surface area contributed by atoms with Gasteiger partial charge in [-0.05, 0) is 23.6 Å². The van der Waals surface area contributed by atoms with Crippen molar-refractivity contribution in [1.29, 1.82) is 0 Å². The van der Waals surface area contributed by atoms with E-state index < -0.39 is 0 Å². The maximum atomic E-state index is 12.6. The van der Waals surface area contributed by atoms with Gasteiger partial charge in [0.25, 0.3) is 5.91 Å². The summed E-state index contributed by atoms with van der Waals surface area (Å²) in [6, 6.07) is 3.16. The van der Waals surface area contributed by atoms with Gasteiger partial charge in [-0.2, -0.15) is 0 Å². The molecule has 5 nitrogen and oxygen atoms in total. The Bertz CT molecular complexity index is 580.